The maximum Gasteiger partial charge on any atom is 0.0686 e. The third kappa shape index (κ3) is 2.72. The molecule has 18 heavy (non-hydrogen) atoms. The van der Waals surface area contributed by atoms with Gasteiger partial charge in [-0.05, 0) is 33.3 Å². The Morgan fingerprint density at radius 2 is 2.06 bits per heavy atom. The van der Waals surface area contributed by atoms with Gasteiger partial charge in [-0.2, -0.15) is 5.10 Å². The normalized spacial score (nSPS) is 14.0. The fourth-order valence-electron chi connectivity index (χ4n) is 1.98. The van der Waals surface area contributed by atoms with Crippen molar-refractivity contribution in [1.29, 1.82) is 0 Å². The van der Waals surface area contributed by atoms with Gasteiger partial charge in [0.1, 0.15) is 0 Å². The fourth-order valence-corrected chi connectivity index (χ4v) is 1.98. The minimum atomic E-state index is 0.192. The maximum atomic E-state index is 4.50. The number of hydrogen-bond acceptors (Lipinski definition) is 2. The molecule has 0 bridgehead atoms. The molecule has 0 fully saturated rings. The minimum absolute atomic E-state index is 0.192. The molecular weight excluding hydrogens is 222 g/mol. The van der Waals surface area contributed by atoms with E-state index in [-0.39, 0.29) is 5.54 Å². The molecule has 1 aromatic carbocycles. The first-order valence-electron chi connectivity index (χ1n) is 6.71. The molecule has 0 aliphatic carbocycles. The number of benzene rings is 1. The number of fused-ring (bicyclic) bond motifs is 1. The molecule has 1 atom stereocenters. The van der Waals surface area contributed by atoms with E-state index in [4.69, 9.17) is 0 Å². The van der Waals surface area contributed by atoms with E-state index < -0.39 is 0 Å². The molecular formula is C15H23N3. The van der Waals surface area contributed by atoms with Gasteiger partial charge < -0.3 is 5.32 Å². The number of aromatic nitrogens is 2. The van der Waals surface area contributed by atoms with Crippen molar-refractivity contribution in [2.45, 2.75) is 45.7 Å². The van der Waals surface area contributed by atoms with Gasteiger partial charge in [0.05, 0.1) is 17.8 Å². The first-order valence-corrected chi connectivity index (χ1v) is 6.71. The topological polar surface area (TPSA) is 29.9 Å². The Hall–Kier alpha value is -1.35. The molecule has 0 aliphatic rings. The quantitative estimate of drug-likeness (QED) is 0.875. The van der Waals surface area contributed by atoms with Gasteiger partial charge in [-0.15, -0.1) is 0 Å². The van der Waals surface area contributed by atoms with Crippen LogP contribution in [0.5, 0.6) is 0 Å². The second kappa shape index (κ2) is 5.11. The molecule has 3 heteroatoms. The lowest BCUT2D eigenvalue weighted by atomic mass is 10.0. The number of nitrogens with one attached hydrogen (secondary N) is 1. The Morgan fingerprint density at radius 3 is 2.78 bits per heavy atom. The zero-order chi connectivity index (χ0) is 13.2. The minimum Gasteiger partial charge on any atom is -0.310 e. The second-order valence-electron chi connectivity index (χ2n) is 5.62. The molecule has 2 rings (SSSR count). The number of nitrogens with zero attached hydrogens (tertiary/aromatic N) is 2. The highest BCUT2D eigenvalue weighted by molar-refractivity contribution is 5.78. The molecule has 0 amide bonds. The van der Waals surface area contributed by atoms with Gasteiger partial charge in [-0.1, -0.05) is 25.1 Å². The molecule has 1 unspecified atom stereocenters. The predicted octanol–water partition coefficient (Wildman–Crippen LogP) is 3.38. The van der Waals surface area contributed by atoms with Crippen LogP contribution >= 0.6 is 0 Å². The van der Waals surface area contributed by atoms with Crippen LogP contribution in [0.25, 0.3) is 10.9 Å². The van der Waals surface area contributed by atoms with Gasteiger partial charge in [0.25, 0.3) is 0 Å². The van der Waals surface area contributed by atoms with Gasteiger partial charge in [-0.25, -0.2) is 0 Å². The lowest BCUT2D eigenvalue weighted by molar-refractivity contribution is 0.338. The van der Waals surface area contributed by atoms with Crippen molar-refractivity contribution >= 4 is 10.9 Å². The first kappa shape index (κ1) is 13.1. The van der Waals surface area contributed by atoms with Crippen LogP contribution in [0.1, 0.15) is 40.2 Å². The number of para-hydroxylation sites is 1. The Bertz CT molecular complexity index is 513. The molecule has 0 saturated heterocycles. The van der Waals surface area contributed by atoms with E-state index in [9.17, 15) is 0 Å². The standard InChI is InChI=1S/C15H23N3/c1-5-15(3,4)16-10-12(2)18-14-9-7-6-8-13(14)11-17-18/h6-9,11-12,16H,5,10H2,1-4H3. The van der Waals surface area contributed by atoms with Crippen LogP contribution in [-0.2, 0) is 0 Å². The first-order chi connectivity index (χ1) is 8.53. The van der Waals surface area contributed by atoms with Crippen molar-refractivity contribution in [2.24, 2.45) is 0 Å². The highest BCUT2D eigenvalue weighted by atomic mass is 15.3. The molecule has 1 aromatic heterocycles. The summed E-state index contributed by atoms with van der Waals surface area (Å²) in [5.74, 6) is 0. The molecule has 2 aromatic rings. The van der Waals surface area contributed by atoms with E-state index in [1.54, 1.807) is 0 Å². The number of hydrogen-bond donors (Lipinski definition) is 1. The van der Waals surface area contributed by atoms with Crippen LogP contribution in [0.2, 0.25) is 0 Å². The van der Waals surface area contributed by atoms with Gasteiger partial charge in [0, 0.05) is 17.5 Å². The monoisotopic (exact) mass is 245 g/mol. The van der Waals surface area contributed by atoms with E-state index in [2.05, 4.69) is 67.1 Å². The summed E-state index contributed by atoms with van der Waals surface area (Å²) in [4.78, 5) is 0. The summed E-state index contributed by atoms with van der Waals surface area (Å²) in [5, 5.41) is 9.31. The van der Waals surface area contributed by atoms with E-state index in [0.29, 0.717) is 6.04 Å². The molecule has 0 radical (unpaired) electrons. The van der Waals surface area contributed by atoms with E-state index in [1.807, 2.05) is 6.20 Å². The SMILES string of the molecule is CCC(C)(C)NCC(C)n1ncc2ccccc21. The zero-order valence-electron chi connectivity index (χ0n) is 11.8. The molecule has 1 N–H and O–H groups in total. The highest BCUT2D eigenvalue weighted by Crippen LogP contribution is 2.17. The van der Waals surface area contributed by atoms with Crippen LogP contribution < -0.4 is 5.32 Å². The second-order valence-corrected chi connectivity index (χ2v) is 5.62. The third-order valence-corrected chi connectivity index (χ3v) is 3.68. The van der Waals surface area contributed by atoms with Gasteiger partial charge in [0.15, 0.2) is 0 Å². The van der Waals surface area contributed by atoms with E-state index in [1.165, 1.54) is 10.9 Å². The molecule has 0 spiro atoms. The van der Waals surface area contributed by atoms with Crippen molar-refractivity contribution < 1.29 is 0 Å². The Labute approximate surface area is 109 Å². The highest BCUT2D eigenvalue weighted by Gasteiger charge is 2.16. The third-order valence-electron chi connectivity index (χ3n) is 3.68. The Morgan fingerprint density at radius 1 is 1.33 bits per heavy atom. The largest absolute Gasteiger partial charge is 0.310 e. The average molecular weight is 245 g/mol. The van der Waals surface area contributed by atoms with Crippen molar-refractivity contribution in [1.82, 2.24) is 15.1 Å². The summed E-state index contributed by atoms with van der Waals surface area (Å²) in [6.45, 7) is 9.83. The summed E-state index contributed by atoms with van der Waals surface area (Å²) >= 11 is 0. The summed E-state index contributed by atoms with van der Waals surface area (Å²) in [5.41, 5.74) is 1.40. The number of rotatable bonds is 5. The van der Waals surface area contributed by atoms with Crippen molar-refractivity contribution in [3.8, 4) is 0 Å². The van der Waals surface area contributed by atoms with Crippen LogP contribution in [0, 0.1) is 0 Å². The van der Waals surface area contributed by atoms with Gasteiger partial charge in [0.2, 0.25) is 0 Å². The predicted molar refractivity (Wildman–Crippen MR) is 76.8 cm³/mol. The smallest absolute Gasteiger partial charge is 0.0686 e. The van der Waals surface area contributed by atoms with E-state index >= 15 is 0 Å². The van der Waals surface area contributed by atoms with Crippen LogP contribution in [-0.4, -0.2) is 21.9 Å². The van der Waals surface area contributed by atoms with Crippen molar-refractivity contribution in [3.05, 3.63) is 30.5 Å². The van der Waals surface area contributed by atoms with Crippen molar-refractivity contribution in [2.75, 3.05) is 6.54 Å². The lowest BCUT2D eigenvalue weighted by Gasteiger charge is -2.27. The van der Waals surface area contributed by atoms with Crippen LogP contribution in [0.4, 0.5) is 0 Å². The molecule has 3 nitrogen and oxygen atoms in total. The summed E-state index contributed by atoms with van der Waals surface area (Å²) in [6.07, 6.45) is 3.07. The molecule has 0 aliphatic heterocycles. The van der Waals surface area contributed by atoms with Crippen LogP contribution in [0.3, 0.4) is 0 Å². The fraction of sp³-hybridized carbons (Fsp3) is 0.533. The van der Waals surface area contributed by atoms with Crippen molar-refractivity contribution in [3.63, 3.8) is 0 Å². The van der Waals surface area contributed by atoms with Crippen LogP contribution in [0.15, 0.2) is 30.5 Å². The Kier molecular flexibility index (Phi) is 3.71. The zero-order valence-corrected chi connectivity index (χ0v) is 11.8. The lowest BCUT2D eigenvalue weighted by Crippen LogP contribution is -2.41. The van der Waals surface area contributed by atoms with E-state index in [0.717, 1.165) is 13.0 Å². The summed E-state index contributed by atoms with van der Waals surface area (Å²) in [6, 6.07) is 8.71. The average Bonchev–Trinajstić information content (AvgIpc) is 2.80. The van der Waals surface area contributed by atoms with Gasteiger partial charge >= 0.3 is 0 Å². The molecule has 0 saturated carbocycles. The summed E-state index contributed by atoms with van der Waals surface area (Å²) < 4.78 is 2.11. The maximum absolute atomic E-state index is 4.50. The van der Waals surface area contributed by atoms with Gasteiger partial charge in [-0.3, -0.25) is 4.68 Å². The summed E-state index contributed by atoms with van der Waals surface area (Å²) in [7, 11) is 0. The molecule has 98 valence electrons. The Balaban J connectivity index is 2.12. The molecule has 1 heterocycles.